The van der Waals surface area contributed by atoms with Gasteiger partial charge in [0, 0.05) is 34.6 Å². The molecule has 1 atom stereocenters. The van der Waals surface area contributed by atoms with E-state index < -0.39 is 0 Å². The average molecular weight is 389 g/mol. The molecule has 144 valence electrons. The van der Waals surface area contributed by atoms with Crippen LogP contribution in [0.1, 0.15) is 40.2 Å². The van der Waals surface area contributed by atoms with Gasteiger partial charge in [-0.1, -0.05) is 29.8 Å². The van der Waals surface area contributed by atoms with Crippen LogP contribution >= 0.6 is 11.6 Å². The lowest BCUT2D eigenvalue weighted by molar-refractivity contribution is -0.862. The second-order valence-electron chi connectivity index (χ2n) is 7.54. The van der Waals surface area contributed by atoms with Crippen LogP contribution in [0.5, 0.6) is 0 Å². The third-order valence-electron chi connectivity index (χ3n) is 5.03. The molecule has 0 bridgehead atoms. The number of ketones is 1. The summed E-state index contributed by atoms with van der Waals surface area (Å²) < 4.78 is 2.11. The van der Waals surface area contributed by atoms with E-state index in [1.54, 1.807) is 0 Å². The Labute approximate surface area is 165 Å². The number of hydrogen-bond acceptors (Lipinski definition) is 2. The number of halogens is 1. The molecule has 0 saturated heterocycles. The molecule has 5 nitrogen and oxygen atoms in total. The van der Waals surface area contributed by atoms with Gasteiger partial charge >= 0.3 is 0 Å². The minimum absolute atomic E-state index is 0.0204. The van der Waals surface area contributed by atoms with Crippen LogP contribution in [0.3, 0.4) is 0 Å². The van der Waals surface area contributed by atoms with Gasteiger partial charge in [-0.25, -0.2) is 0 Å². The van der Waals surface area contributed by atoms with Gasteiger partial charge in [-0.15, -0.1) is 0 Å². The summed E-state index contributed by atoms with van der Waals surface area (Å²) in [4.78, 5) is 25.6. The Morgan fingerprint density at radius 1 is 1.22 bits per heavy atom. The molecule has 27 heavy (non-hydrogen) atoms. The molecule has 1 aromatic carbocycles. The SMILES string of the molecule is Cc1cc(C(=O)C[NH+](C)CC(=O)NC2CC2)c(C)n1Cc1ccccc1Cl. The van der Waals surface area contributed by atoms with Gasteiger partial charge < -0.3 is 14.8 Å². The summed E-state index contributed by atoms with van der Waals surface area (Å²) in [6.45, 7) is 5.22. The number of rotatable bonds is 8. The molecule has 1 aliphatic carbocycles. The van der Waals surface area contributed by atoms with E-state index in [1.165, 1.54) is 0 Å². The van der Waals surface area contributed by atoms with Crippen LogP contribution in [-0.4, -0.2) is 42.4 Å². The van der Waals surface area contributed by atoms with Gasteiger partial charge in [0.15, 0.2) is 6.54 Å². The summed E-state index contributed by atoms with van der Waals surface area (Å²) in [5, 5.41) is 3.69. The lowest BCUT2D eigenvalue weighted by Crippen LogP contribution is -3.11. The van der Waals surface area contributed by atoms with E-state index in [4.69, 9.17) is 11.6 Å². The van der Waals surface area contributed by atoms with E-state index in [0.29, 0.717) is 25.7 Å². The van der Waals surface area contributed by atoms with Crippen molar-refractivity contribution >= 4 is 23.3 Å². The molecular weight excluding hydrogens is 362 g/mol. The fourth-order valence-corrected chi connectivity index (χ4v) is 3.53. The number of nitrogens with one attached hydrogen (secondary N) is 2. The van der Waals surface area contributed by atoms with Crippen molar-refractivity contribution in [2.24, 2.45) is 0 Å². The summed E-state index contributed by atoms with van der Waals surface area (Å²) >= 11 is 6.28. The topological polar surface area (TPSA) is 55.5 Å². The minimum atomic E-state index is 0.0204. The number of carbonyl (C=O) groups is 2. The molecule has 2 N–H and O–H groups in total. The Morgan fingerprint density at radius 2 is 1.93 bits per heavy atom. The Balaban J connectivity index is 1.66. The highest BCUT2D eigenvalue weighted by Crippen LogP contribution is 2.21. The molecule has 1 amide bonds. The first-order chi connectivity index (χ1) is 12.8. The summed E-state index contributed by atoms with van der Waals surface area (Å²) in [5.41, 5.74) is 3.72. The lowest BCUT2D eigenvalue weighted by atomic mass is 10.1. The number of quaternary nitrogens is 1. The van der Waals surface area contributed by atoms with E-state index in [9.17, 15) is 9.59 Å². The van der Waals surface area contributed by atoms with E-state index in [0.717, 1.165) is 45.3 Å². The predicted molar refractivity (Wildman–Crippen MR) is 107 cm³/mol. The highest BCUT2D eigenvalue weighted by molar-refractivity contribution is 6.31. The Morgan fingerprint density at radius 3 is 2.59 bits per heavy atom. The zero-order valence-corrected chi connectivity index (χ0v) is 16.9. The van der Waals surface area contributed by atoms with Gasteiger partial charge in [-0.3, -0.25) is 9.59 Å². The van der Waals surface area contributed by atoms with Crippen molar-refractivity contribution in [2.75, 3.05) is 20.1 Å². The first kappa shape index (κ1) is 19.6. The Bertz CT molecular complexity index is 855. The fourth-order valence-electron chi connectivity index (χ4n) is 3.34. The summed E-state index contributed by atoms with van der Waals surface area (Å²) in [6.07, 6.45) is 2.14. The molecule has 1 unspecified atom stereocenters. The standard InChI is InChI=1S/C21H26ClN3O2/c1-14-10-18(15(2)25(14)11-16-6-4-5-7-19(16)22)20(26)12-24(3)13-21(27)23-17-8-9-17/h4-7,10,17H,8-9,11-13H2,1-3H3,(H,23,27)/p+1. The number of carbonyl (C=O) groups excluding carboxylic acids is 2. The van der Waals surface area contributed by atoms with Crippen LogP contribution in [0.25, 0.3) is 0 Å². The number of amides is 1. The Hall–Kier alpha value is -2.11. The zero-order chi connectivity index (χ0) is 19.6. The monoisotopic (exact) mass is 388 g/mol. The highest BCUT2D eigenvalue weighted by Gasteiger charge is 2.25. The molecule has 6 heteroatoms. The van der Waals surface area contributed by atoms with Crippen molar-refractivity contribution in [3.05, 3.63) is 57.9 Å². The molecule has 0 radical (unpaired) electrons. The van der Waals surface area contributed by atoms with Crippen LogP contribution in [0.2, 0.25) is 5.02 Å². The molecule has 2 aromatic rings. The second-order valence-corrected chi connectivity index (χ2v) is 7.95. The molecule has 1 fully saturated rings. The van der Waals surface area contributed by atoms with Gasteiger partial charge in [0.2, 0.25) is 5.78 Å². The molecule has 3 rings (SSSR count). The number of hydrogen-bond donors (Lipinski definition) is 2. The van der Waals surface area contributed by atoms with Crippen LogP contribution < -0.4 is 10.2 Å². The van der Waals surface area contributed by atoms with Crippen LogP contribution in [0.15, 0.2) is 30.3 Å². The van der Waals surface area contributed by atoms with Gasteiger partial charge in [0.05, 0.1) is 7.05 Å². The average Bonchev–Trinajstić information content (AvgIpc) is 3.36. The van der Waals surface area contributed by atoms with Gasteiger partial charge in [0.1, 0.15) is 6.54 Å². The third kappa shape index (κ3) is 4.99. The van der Waals surface area contributed by atoms with Gasteiger partial charge in [-0.05, 0) is 44.4 Å². The molecule has 1 aromatic heterocycles. The van der Waals surface area contributed by atoms with Crippen molar-refractivity contribution < 1.29 is 14.5 Å². The lowest BCUT2D eigenvalue weighted by Gasteiger charge is -2.13. The second kappa shape index (κ2) is 8.28. The maximum atomic E-state index is 12.8. The Kier molecular flexibility index (Phi) is 6.02. The molecule has 0 aliphatic heterocycles. The van der Waals surface area contributed by atoms with E-state index in [2.05, 4.69) is 9.88 Å². The normalized spacial score (nSPS) is 14.8. The van der Waals surface area contributed by atoms with Crippen molar-refractivity contribution in [1.29, 1.82) is 0 Å². The number of nitrogens with zero attached hydrogens (tertiary/aromatic N) is 1. The first-order valence-corrected chi connectivity index (χ1v) is 9.77. The number of likely N-dealkylation sites (N-methyl/N-ethyl adjacent to an activating group) is 1. The van der Waals surface area contributed by atoms with Crippen LogP contribution in [-0.2, 0) is 11.3 Å². The highest BCUT2D eigenvalue weighted by atomic mass is 35.5. The van der Waals surface area contributed by atoms with Crippen molar-refractivity contribution in [2.45, 2.75) is 39.3 Å². The maximum Gasteiger partial charge on any atom is 0.275 e. The maximum absolute atomic E-state index is 12.8. The van der Waals surface area contributed by atoms with E-state index in [1.807, 2.05) is 51.2 Å². The van der Waals surface area contributed by atoms with Gasteiger partial charge in [0.25, 0.3) is 5.91 Å². The van der Waals surface area contributed by atoms with Crippen molar-refractivity contribution in [3.8, 4) is 0 Å². The molecule has 0 spiro atoms. The minimum Gasteiger partial charge on any atom is -0.348 e. The summed E-state index contributed by atoms with van der Waals surface area (Å²) in [5.74, 6) is 0.0808. The number of aromatic nitrogens is 1. The number of benzene rings is 1. The van der Waals surface area contributed by atoms with Crippen LogP contribution in [0.4, 0.5) is 0 Å². The predicted octanol–water partition coefficient (Wildman–Crippen LogP) is 1.78. The third-order valence-corrected chi connectivity index (χ3v) is 5.40. The molecule has 1 saturated carbocycles. The van der Waals surface area contributed by atoms with Gasteiger partial charge in [-0.2, -0.15) is 0 Å². The smallest absolute Gasteiger partial charge is 0.275 e. The zero-order valence-electron chi connectivity index (χ0n) is 16.1. The summed E-state index contributed by atoms with van der Waals surface area (Å²) in [7, 11) is 1.88. The largest absolute Gasteiger partial charge is 0.348 e. The van der Waals surface area contributed by atoms with Crippen molar-refractivity contribution in [3.63, 3.8) is 0 Å². The number of aryl methyl sites for hydroxylation is 1. The van der Waals surface area contributed by atoms with Crippen LogP contribution in [0, 0.1) is 13.8 Å². The fraction of sp³-hybridized carbons (Fsp3) is 0.429. The number of Topliss-reactive ketones (excluding diaryl/α,β-unsaturated/α-hetero) is 1. The van der Waals surface area contributed by atoms with Crippen molar-refractivity contribution in [1.82, 2.24) is 9.88 Å². The molecule has 1 heterocycles. The first-order valence-electron chi connectivity index (χ1n) is 9.39. The van der Waals surface area contributed by atoms with E-state index in [-0.39, 0.29) is 11.7 Å². The molecule has 1 aliphatic rings. The van der Waals surface area contributed by atoms with E-state index >= 15 is 0 Å². The quantitative estimate of drug-likeness (QED) is 0.677. The summed E-state index contributed by atoms with van der Waals surface area (Å²) in [6, 6.07) is 10.0. The molecular formula is C21H27ClN3O2+.